The summed E-state index contributed by atoms with van der Waals surface area (Å²) in [5.41, 5.74) is -4.42. The number of nitrogens with one attached hydrogen (secondary N) is 1. The number of ether oxygens (including phenoxy) is 1. The van der Waals surface area contributed by atoms with Crippen molar-refractivity contribution < 1.29 is 28.8 Å². The molecule has 20 heavy (non-hydrogen) atoms. The van der Waals surface area contributed by atoms with Crippen molar-refractivity contribution in [1.82, 2.24) is 9.55 Å². The molecule has 10 heteroatoms. The quantitative estimate of drug-likeness (QED) is 0.500. The molecule has 1 fully saturated rings. The molecule has 0 aliphatic carbocycles. The summed E-state index contributed by atoms with van der Waals surface area (Å²) in [6.45, 7) is -1.25. The molecule has 0 aromatic carbocycles. The number of hydrogen-bond donors (Lipinski definition) is 4. The molecule has 2 rings (SSSR count). The second-order valence-corrected chi connectivity index (χ2v) is 4.38. The molecule has 1 saturated heterocycles. The van der Waals surface area contributed by atoms with Gasteiger partial charge in [-0.25, -0.2) is 13.6 Å². The van der Waals surface area contributed by atoms with Crippen LogP contribution in [0.1, 0.15) is 6.23 Å². The summed E-state index contributed by atoms with van der Waals surface area (Å²) < 4.78 is 31.4. The van der Waals surface area contributed by atoms with Gasteiger partial charge in [-0.3, -0.25) is 14.3 Å². The maximum absolute atomic E-state index is 13.0. The van der Waals surface area contributed by atoms with Gasteiger partial charge in [-0.2, -0.15) is 0 Å². The second kappa shape index (κ2) is 5.05. The molecule has 1 aliphatic heterocycles. The van der Waals surface area contributed by atoms with Crippen LogP contribution in [0.3, 0.4) is 0 Å². The largest absolute Gasteiger partial charge is 0.393 e. The number of aromatic amines is 1. The number of H-pyrrole nitrogens is 1. The molecule has 8 nitrogen and oxygen atoms in total. The first kappa shape index (κ1) is 14.8. The van der Waals surface area contributed by atoms with E-state index in [1.807, 2.05) is 4.98 Å². The zero-order valence-corrected chi connectivity index (χ0v) is 9.94. The molecule has 0 saturated carbocycles. The van der Waals surface area contributed by atoms with E-state index in [-0.39, 0.29) is 0 Å². The summed E-state index contributed by atoms with van der Waals surface area (Å²) in [7, 11) is 0. The molecule has 4 atom stereocenters. The normalized spacial score (nSPS) is 33.8. The highest BCUT2D eigenvalue weighted by molar-refractivity contribution is 5.03. The monoisotopic (exact) mass is 294 g/mol. The van der Waals surface area contributed by atoms with Crippen LogP contribution in [-0.4, -0.2) is 55.7 Å². The molecule has 112 valence electrons. The first-order valence-electron chi connectivity index (χ1n) is 5.58. The SMILES string of the molecule is O=c1ccn([C@@H]2O[C@@](CO)(C(F)F)[C@@H](O)[C@@H]2O)c(=O)[nH]1. The zero-order valence-electron chi connectivity index (χ0n) is 9.94. The van der Waals surface area contributed by atoms with E-state index in [9.17, 15) is 28.6 Å². The van der Waals surface area contributed by atoms with Crippen molar-refractivity contribution in [1.29, 1.82) is 0 Å². The standard InChI is InChI=1S/C10H12F2N2O6/c11-8(12)10(3-15)6(18)5(17)7(20-10)14-2-1-4(16)13-9(14)19/h1-2,5-8,15,17-18H,3H2,(H,13,16,19)/t5-,6-,7+,10+/m0/s1. The van der Waals surface area contributed by atoms with Gasteiger partial charge in [0, 0.05) is 12.3 Å². The van der Waals surface area contributed by atoms with E-state index in [1.165, 1.54) is 0 Å². The number of nitrogens with zero attached hydrogens (tertiary/aromatic N) is 1. The number of rotatable bonds is 3. The lowest BCUT2D eigenvalue weighted by Gasteiger charge is -2.28. The maximum atomic E-state index is 13.0. The Morgan fingerprint density at radius 1 is 1.45 bits per heavy atom. The summed E-state index contributed by atoms with van der Waals surface area (Å²) in [5.74, 6) is 0. The number of hydrogen-bond acceptors (Lipinski definition) is 6. The van der Waals surface area contributed by atoms with Crippen LogP contribution < -0.4 is 11.2 Å². The number of aliphatic hydroxyl groups is 3. The first-order chi connectivity index (χ1) is 9.33. The van der Waals surface area contributed by atoms with Crippen LogP contribution in [0.2, 0.25) is 0 Å². The molecule has 0 amide bonds. The predicted molar refractivity (Wildman–Crippen MR) is 59.3 cm³/mol. The molecule has 0 spiro atoms. The van der Waals surface area contributed by atoms with Crippen molar-refractivity contribution >= 4 is 0 Å². The van der Waals surface area contributed by atoms with Crippen LogP contribution in [0.25, 0.3) is 0 Å². The smallest absolute Gasteiger partial charge is 0.330 e. The van der Waals surface area contributed by atoms with Crippen molar-refractivity contribution in [3.8, 4) is 0 Å². The average molecular weight is 294 g/mol. The fourth-order valence-electron chi connectivity index (χ4n) is 2.04. The zero-order chi connectivity index (χ0) is 15.1. The van der Waals surface area contributed by atoms with Gasteiger partial charge in [0.15, 0.2) is 11.8 Å². The van der Waals surface area contributed by atoms with E-state index >= 15 is 0 Å². The van der Waals surface area contributed by atoms with Gasteiger partial charge in [-0.1, -0.05) is 0 Å². The summed E-state index contributed by atoms with van der Waals surface area (Å²) in [6.07, 6.45) is -7.99. The molecule has 0 radical (unpaired) electrons. The van der Waals surface area contributed by atoms with Gasteiger partial charge in [0.1, 0.15) is 12.2 Å². The minimum Gasteiger partial charge on any atom is -0.393 e. The van der Waals surface area contributed by atoms with Crippen LogP contribution in [0, 0.1) is 0 Å². The first-order valence-corrected chi connectivity index (χ1v) is 5.58. The maximum Gasteiger partial charge on any atom is 0.330 e. The Kier molecular flexibility index (Phi) is 3.73. The number of aliphatic hydroxyl groups excluding tert-OH is 3. The Bertz CT molecular complexity index is 602. The van der Waals surface area contributed by atoms with E-state index in [1.54, 1.807) is 0 Å². The molecule has 2 heterocycles. The van der Waals surface area contributed by atoms with Crippen LogP contribution in [0.5, 0.6) is 0 Å². The minimum absolute atomic E-state index is 0.648. The highest BCUT2D eigenvalue weighted by Crippen LogP contribution is 2.40. The summed E-state index contributed by atoms with van der Waals surface area (Å²) >= 11 is 0. The van der Waals surface area contributed by atoms with Crippen LogP contribution in [0.15, 0.2) is 21.9 Å². The summed E-state index contributed by atoms with van der Waals surface area (Å²) in [4.78, 5) is 24.3. The van der Waals surface area contributed by atoms with Gasteiger partial charge in [0.2, 0.25) is 0 Å². The molecular weight excluding hydrogens is 282 g/mol. The highest BCUT2D eigenvalue weighted by atomic mass is 19.3. The fraction of sp³-hybridized carbons (Fsp3) is 0.600. The topological polar surface area (TPSA) is 125 Å². The summed E-state index contributed by atoms with van der Waals surface area (Å²) in [5, 5.41) is 28.4. The Labute approximate surface area is 109 Å². The lowest BCUT2D eigenvalue weighted by atomic mass is 9.96. The highest BCUT2D eigenvalue weighted by Gasteiger charge is 2.60. The Morgan fingerprint density at radius 3 is 2.55 bits per heavy atom. The van der Waals surface area contributed by atoms with Gasteiger partial charge >= 0.3 is 5.69 Å². The Morgan fingerprint density at radius 2 is 2.10 bits per heavy atom. The second-order valence-electron chi connectivity index (χ2n) is 4.38. The molecule has 0 unspecified atom stereocenters. The van der Waals surface area contributed by atoms with Crippen molar-refractivity contribution in [3.63, 3.8) is 0 Å². The molecular formula is C10H12F2N2O6. The molecule has 0 bridgehead atoms. The Balaban J connectivity index is 2.45. The molecule has 1 aromatic heterocycles. The molecule has 4 N–H and O–H groups in total. The third-order valence-electron chi connectivity index (χ3n) is 3.20. The Hall–Kier alpha value is -1.62. The lowest BCUT2D eigenvalue weighted by Crippen LogP contribution is -2.52. The van der Waals surface area contributed by atoms with Crippen LogP contribution >= 0.6 is 0 Å². The van der Waals surface area contributed by atoms with E-state index in [0.717, 1.165) is 12.3 Å². The molecule has 1 aliphatic rings. The number of alkyl halides is 2. The van der Waals surface area contributed by atoms with Gasteiger partial charge in [0.05, 0.1) is 6.61 Å². The van der Waals surface area contributed by atoms with Crippen molar-refractivity contribution in [2.45, 2.75) is 30.5 Å². The van der Waals surface area contributed by atoms with Crippen molar-refractivity contribution in [2.75, 3.05) is 6.61 Å². The van der Waals surface area contributed by atoms with Crippen molar-refractivity contribution in [2.24, 2.45) is 0 Å². The average Bonchev–Trinajstić information content (AvgIpc) is 2.64. The van der Waals surface area contributed by atoms with E-state index in [2.05, 4.69) is 0 Å². The minimum atomic E-state index is -3.29. The van der Waals surface area contributed by atoms with Gasteiger partial charge in [-0.05, 0) is 0 Å². The van der Waals surface area contributed by atoms with E-state index < -0.39 is 48.3 Å². The summed E-state index contributed by atoms with van der Waals surface area (Å²) in [6, 6.07) is 0.922. The van der Waals surface area contributed by atoms with Gasteiger partial charge < -0.3 is 20.1 Å². The fourth-order valence-corrected chi connectivity index (χ4v) is 2.04. The molecule has 1 aromatic rings. The third-order valence-corrected chi connectivity index (χ3v) is 3.20. The van der Waals surface area contributed by atoms with Crippen LogP contribution in [0.4, 0.5) is 8.78 Å². The predicted octanol–water partition coefficient (Wildman–Crippen LogP) is -2.22. The van der Waals surface area contributed by atoms with Gasteiger partial charge in [0.25, 0.3) is 12.0 Å². The van der Waals surface area contributed by atoms with E-state index in [4.69, 9.17) is 9.84 Å². The third kappa shape index (κ3) is 2.06. The lowest BCUT2D eigenvalue weighted by molar-refractivity contribution is -0.195. The number of aromatic nitrogens is 2. The van der Waals surface area contributed by atoms with Gasteiger partial charge in [-0.15, -0.1) is 0 Å². The van der Waals surface area contributed by atoms with E-state index in [0.29, 0.717) is 4.57 Å². The van der Waals surface area contributed by atoms with Crippen molar-refractivity contribution in [3.05, 3.63) is 33.1 Å². The number of halogens is 2. The van der Waals surface area contributed by atoms with Crippen LogP contribution in [-0.2, 0) is 4.74 Å².